The van der Waals surface area contributed by atoms with Gasteiger partial charge in [-0.2, -0.15) is 11.8 Å². The summed E-state index contributed by atoms with van der Waals surface area (Å²) in [5, 5.41) is 17.5. The number of aromatic nitrogens is 3. The molecule has 3 aromatic rings. The Balaban J connectivity index is 0.966. The first kappa shape index (κ1) is 23.0. The van der Waals surface area contributed by atoms with Crippen molar-refractivity contribution >= 4 is 28.6 Å². The van der Waals surface area contributed by atoms with Gasteiger partial charge >= 0.3 is 6.03 Å². The number of hydrogen-bond acceptors (Lipinski definition) is 5. The minimum Gasteiger partial charge on any atom is -0.494 e. The SMILES string of the molecule is O=C1N[C@H]2[C@H](CS[C@H]2CCCCCc2cnnn2CCCCOc2ccc3ccccc3c2)N1. The van der Waals surface area contributed by atoms with Crippen LogP contribution in [0, 0.1) is 0 Å². The monoisotopic (exact) mass is 479 g/mol. The highest BCUT2D eigenvalue weighted by Crippen LogP contribution is 2.33. The van der Waals surface area contributed by atoms with E-state index in [1.165, 1.54) is 35.7 Å². The van der Waals surface area contributed by atoms with Crippen LogP contribution in [0.5, 0.6) is 5.75 Å². The van der Waals surface area contributed by atoms with Crippen LogP contribution in [0.4, 0.5) is 4.79 Å². The fourth-order valence-corrected chi connectivity index (χ4v) is 6.49. The smallest absolute Gasteiger partial charge is 0.315 e. The second-order valence-corrected chi connectivity index (χ2v) is 10.5. The number of amides is 2. The molecule has 34 heavy (non-hydrogen) atoms. The molecule has 0 aliphatic carbocycles. The van der Waals surface area contributed by atoms with Crippen molar-refractivity contribution in [2.24, 2.45) is 0 Å². The maximum atomic E-state index is 11.5. The van der Waals surface area contributed by atoms with Gasteiger partial charge < -0.3 is 15.4 Å². The molecule has 0 unspecified atom stereocenters. The molecule has 7 nitrogen and oxygen atoms in total. The molecule has 0 radical (unpaired) electrons. The van der Waals surface area contributed by atoms with Crippen LogP contribution in [0.1, 0.15) is 44.2 Å². The van der Waals surface area contributed by atoms with Gasteiger partial charge in [0, 0.05) is 17.5 Å². The van der Waals surface area contributed by atoms with E-state index in [1.807, 2.05) is 28.7 Å². The summed E-state index contributed by atoms with van der Waals surface area (Å²) in [5.74, 6) is 1.96. The van der Waals surface area contributed by atoms with E-state index in [-0.39, 0.29) is 6.03 Å². The number of thioether (sulfide) groups is 1. The van der Waals surface area contributed by atoms with Crippen molar-refractivity contribution in [2.75, 3.05) is 12.4 Å². The molecule has 2 amide bonds. The van der Waals surface area contributed by atoms with Gasteiger partial charge in [0.15, 0.2) is 0 Å². The number of carbonyl (C=O) groups is 1. The first-order chi connectivity index (χ1) is 16.8. The standard InChI is InChI=1S/C26H33N5O2S/c32-26-28-23-18-34-24(25(23)29-26)11-3-1-2-10-21-17-27-30-31(21)14-6-7-15-33-22-13-12-19-8-4-5-9-20(19)16-22/h4-5,8-9,12-13,16-17,23-25H,1-3,6-7,10-11,14-15,18H2,(H2,28,29,32)/t23-,24-,25-/m0/s1. The first-order valence-corrected chi connectivity index (χ1v) is 13.5. The average Bonchev–Trinajstić information content (AvgIpc) is 3.55. The zero-order valence-corrected chi connectivity index (χ0v) is 20.3. The summed E-state index contributed by atoms with van der Waals surface area (Å²) in [4.78, 5) is 11.5. The molecule has 2 aliphatic heterocycles. The van der Waals surface area contributed by atoms with Crippen molar-refractivity contribution in [1.29, 1.82) is 0 Å². The van der Waals surface area contributed by atoms with Crippen LogP contribution in [0.25, 0.3) is 10.8 Å². The number of fused-ring (bicyclic) bond motifs is 2. The molecule has 3 heterocycles. The van der Waals surface area contributed by atoms with E-state index in [4.69, 9.17) is 4.74 Å². The van der Waals surface area contributed by atoms with Gasteiger partial charge in [0.05, 0.1) is 30.6 Å². The highest BCUT2D eigenvalue weighted by molar-refractivity contribution is 8.00. The largest absolute Gasteiger partial charge is 0.494 e. The van der Waals surface area contributed by atoms with Gasteiger partial charge in [-0.05, 0) is 55.0 Å². The summed E-state index contributed by atoms with van der Waals surface area (Å²) in [6.45, 7) is 1.59. The zero-order chi connectivity index (χ0) is 23.2. The molecule has 0 saturated carbocycles. The maximum absolute atomic E-state index is 11.5. The second-order valence-electron chi connectivity index (χ2n) is 9.23. The van der Waals surface area contributed by atoms with Crippen LogP contribution in [0.15, 0.2) is 48.7 Å². The summed E-state index contributed by atoms with van der Waals surface area (Å²) in [6.07, 6.45) is 9.64. The summed E-state index contributed by atoms with van der Waals surface area (Å²) in [7, 11) is 0. The molecule has 3 atom stereocenters. The van der Waals surface area contributed by atoms with Crippen molar-refractivity contribution in [2.45, 2.75) is 68.8 Å². The number of urea groups is 1. The fourth-order valence-electron chi connectivity index (χ4n) is 4.94. The van der Waals surface area contributed by atoms with E-state index >= 15 is 0 Å². The number of nitrogens with one attached hydrogen (secondary N) is 2. The van der Waals surface area contributed by atoms with Gasteiger partial charge in [0.1, 0.15) is 5.75 Å². The summed E-state index contributed by atoms with van der Waals surface area (Å²) in [6, 6.07) is 15.2. The number of rotatable bonds is 12. The quantitative estimate of drug-likeness (QED) is 0.294. The van der Waals surface area contributed by atoms with Gasteiger partial charge in [0.25, 0.3) is 0 Å². The lowest BCUT2D eigenvalue weighted by atomic mass is 10.0. The Morgan fingerprint density at radius 3 is 2.88 bits per heavy atom. The first-order valence-electron chi connectivity index (χ1n) is 12.4. The lowest BCUT2D eigenvalue weighted by Crippen LogP contribution is -2.36. The number of ether oxygens (including phenoxy) is 1. The van der Waals surface area contributed by atoms with Crippen LogP contribution in [0.3, 0.4) is 0 Å². The molecule has 2 aliphatic rings. The molecule has 180 valence electrons. The Morgan fingerprint density at radius 2 is 1.94 bits per heavy atom. The molecular formula is C26H33N5O2S. The molecule has 0 bridgehead atoms. The molecule has 2 fully saturated rings. The third-order valence-electron chi connectivity index (χ3n) is 6.81. The Bertz CT molecular complexity index is 1100. The third kappa shape index (κ3) is 5.66. The van der Waals surface area contributed by atoms with Crippen LogP contribution >= 0.6 is 11.8 Å². The van der Waals surface area contributed by atoms with Crippen LogP contribution < -0.4 is 15.4 Å². The summed E-state index contributed by atoms with van der Waals surface area (Å²) < 4.78 is 8.00. The normalized spacial score (nSPS) is 21.4. The zero-order valence-electron chi connectivity index (χ0n) is 19.5. The maximum Gasteiger partial charge on any atom is 0.315 e. The van der Waals surface area contributed by atoms with Crippen LogP contribution in [-0.2, 0) is 13.0 Å². The molecule has 8 heteroatoms. The van der Waals surface area contributed by atoms with Crippen molar-refractivity contribution in [3.8, 4) is 5.75 Å². The number of nitrogens with zero attached hydrogens (tertiary/aromatic N) is 3. The molecule has 2 N–H and O–H groups in total. The summed E-state index contributed by atoms with van der Waals surface area (Å²) >= 11 is 1.99. The topological polar surface area (TPSA) is 81.1 Å². The predicted molar refractivity (Wildman–Crippen MR) is 136 cm³/mol. The number of hydrogen-bond donors (Lipinski definition) is 2. The van der Waals surface area contributed by atoms with E-state index in [2.05, 4.69) is 57.3 Å². The lowest BCUT2D eigenvalue weighted by molar-refractivity contribution is 0.247. The third-order valence-corrected chi connectivity index (χ3v) is 8.32. The average molecular weight is 480 g/mol. The molecule has 1 aromatic heterocycles. The number of aryl methyl sites for hydroxylation is 2. The van der Waals surface area contributed by atoms with Crippen molar-refractivity contribution < 1.29 is 9.53 Å². The van der Waals surface area contributed by atoms with Gasteiger partial charge in [-0.3, -0.25) is 0 Å². The second kappa shape index (κ2) is 11.1. The predicted octanol–water partition coefficient (Wildman–Crippen LogP) is 4.56. The highest BCUT2D eigenvalue weighted by Gasteiger charge is 2.42. The molecule has 5 rings (SSSR count). The summed E-state index contributed by atoms with van der Waals surface area (Å²) in [5.41, 5.74) is 1.22. The van der Waals surface area contributed by atoms with Gasteiger partial charge in [-0.15, -0.1) is 5.10 Å². The Kier molecular flexibility index (Phi) is 7.53. The highest BCUT2D eigenvalue weighted by atomic mass is 32.2. The lowest BCUT2D eigenvalue weighted by Gasteiger charge is -2.16. The van der Waals surface area contributed by atoms with E-state index in [1.54, 1.807) is 0 Å². The Labute approximate surface area is 205 Å². The molecule has 0 spiro atoms. The van der Waals surface area contributed by atoms with E-state index < -0.39 is 0 Å². The van der Waals surface area contributed by atoms with Gasteiger partial charge in [-0.1, -0.05) is 48.4 Å². The van der Waals surface area contributed by atoms with Gasteiger partial charge in [0.2, 0.25) is 0 Å². The number of unbranched alkanes of at least 4 members (excludes halogenated alkanes) is 3. The number of carbonyl (C=O) groups excluding carboxylic acids is 1. The minimum atomic E-state index is 0.00121. The van der Waals surface area contributed by atoms with Gasteiger partial charge in [-0.25, -0.2) is 9.48 Å². The Hall–Kier alpha value is -2.74. The Morgan fingerprint density at radius 1 is 1.03 bits per heavy atom. The molecule has 2 aromatic carbocycles. The fraction of sp³-hybridized carbons (Fsp3) is 0.500. The van der Waals surface area contributed by atoms with E-state index in [0.29, 0.717) is 23.9 Å². The van der Waals surface area contributed by atoms with Crippen molar-refractivity contribution in [3.63, 3.8) is 0 Å². The molecular weight excluding hydrogens is 446 g/mol. The molecule has 2 saturated heterocycles. The minimum absolute atomic E-state index is 0.00121. The van der Waals surface area contributed by atoms with Crippen molar-refractivity contribution in [3.05, 3.63) is 54.4 Å². The van der Waals surface area contributed by atoms with E-state index in [9.17, 15) is 4.79 Å². The van der Waals surface area contributed by atoms with E-state index in [0.717, 1.165) is 43.7 Å². The van der Waals surface area contributed by atoms with Crippen LogP contribution in [0.2, 0.25) is 0 Å². The number of benzene rings is 2. The van der Waals surface area contributed by atoms with Crippen molar-refractivity contribution in [1.82, 2.24) is 25.6 Å². The van der Waals surface area contributed by atoms with Crippen LogP contribution in [-0.4, -0.2) is 50.7 Å².